The van der Waals surface area contributed by atoms with Crippen LogP contribution in [0.15, 0.2) is 12.2 Å². The minimum Gasteiger partial charge on any atom is -0.316 e. The Morgan fingerprint density at radius 1 is 1.57 bits per heavy atom. The minimum absolute atomic E-state index is 0.989. The lowest BCUT2D eigenvalue weighted by molar-refractivity contribution is 0.919. The molecule has 1 N–H and O–H groups in total. The SMILES string of the molecule is CNC/C=C\CI. The van der Waals surface area contributed by atoms with Crippen LogP contribution in [0.3, 0.4) is 0 Å². The Labute approximate surface area is 58.3 Å². The molecular formula is C5H10IN. The molecule has 0 aliphatic rings. The molecule has 0 heterocycles. The monoisotopic (exact) mass is 211 g/mol. The molecule has 0 spiro atoms. The van der Waals surface area contributed by atoms with Gasteiger partial charge in [0.15, 0.2) is 0 Å². The van der Waals surface area contributed by atoms with Gasteiger partial charge in [0.1, 0.15) is 0 Å². The zero-order valence-corrected chi connectivity index (χ0v) is 6.60. The van der Waals surface area contributed by atoms with Crippen molar-refractivity contribution < 1.29 is 0 Å². The van der Waals surface area contributed by atoms with Crippen LogP contribution in [0.25, 0.3) is 0 Å². The van der Waals surface area contributed by atoms with Crippen molar-refractivity contribution in [1.29, 1.82) is 0 Å². The van der Waals surface area contributed by atoms with E-state index in [1.54, 1.807) is 0 Å². The van der Waals surface area contributed by atoms with Crippen molar-refractivity contribution in [1.82, 2.24) is 5.32 Å². The summed E-state index contributed by atoms with van der Waals surface area (Å²) in [5, 5.41) is 3.01. The first kappa shape index (κ1) is 7.43. The van der Waals surface area contributed by atoms with Gasteiger partial charge in [-0.25, -0.2) is 0 Å². The lowest BCUT2D eigenvalue weighted by atomic mass is 10.5. The van der Waals surface area contributed by atoms with Gasteiger partial charge < -0.3 is 5.32 Å². The number of alkyl halides is 1. The number of likely N-dealkylation sites (N-methyl/N-ethyl adjacent to an activating group) is 1. The van der Waals surface area contributed by atoms with Gasteiger partial charge in [-0.2, -0.15) is 0 Å². The number of allylic oxidation sites excluding steroid dienone is 1. The van der Waals surface area contributed by atoms with Gasteiger partial charge in [0.2, 0.25) is 0 Å². The standard InChI is InChI=1S/C5H10IN/c1-7-5-3-2-4-6/h2-3,7H,4-5H2,1H3/b3-2-. The Morgan fingerprint density at radius 2 is 2.29 bits per heavy atom. The van der Waals surface area contributed by atoms with E-state index >= 15 is 0 Å². The van der Waals surface area contributed by atoms with Crippen molar-refractivity contribution in [2.45, 2.75) is 0 Å². The molecule has 0 radical (unpaired) electrons. The topological polar surface area (TPSA) is 12.0 Å². The van der Waals surface area contributed by atoms with Crippen molar-refractivity contribution >= 4 is 22.6 Å². The molecule has 0 aromatic heterocycles. The van der Waals surface area contributed by atoms with E-state index < -0.39 is 0 Å². The molecule has 0 bridgehead atoms. The fourth-order valence-corrected chi connectivity index (χ4v) is 0.624. The van der Waals surface area contributed by atoms with Crippen LogP contribution in [0, 0.1) is 0 Å². The second-order valence-electron chi connectivity index (χ2n) is 1.18. The first-order chi connectivity index (χ1) is 3.41. The lowest BCUT2D eigenvalue weighted by Gasteiger charge is -1.83. The summed E-state index contributed by atoms with van der Waals surface area (Å²) in [6.45, 7) is 0.989. The smallest absolute Gasteiger partial charge is 0.0176 e. The average molecular weight is 211 g/mol. The maximum atomic E-state index is 3.01. The van der Waals surface area contributed by atoms with Crippen LogP contribution in [0.5, 0.6) is 0 Å². The molecule has 0 aromatic carbocycles. The van der Waals surface area contributed by atoms with Gasteiger partial charge in [-0.05, 0) is 7.05 Å². The van der Waals surface area contributed by atoms with Crippen molar-refractivity contribution in [2.24, 2.45) is 0 Å². The first-order valence-electron chi connectivity index (χ1n) is 2.27. The number of hydrogen-bond acceptors (Lipinski definition) is 1. The molecule has 0 saturated heterocycles. The van der Waals surface area contributed by atoms with Gasteiger partial charge in [0.25, 0.3) is 0 Å². The molecule has 0 saturated carbocycles. The molecular weight excluding hydrogens is 201 g/mol. The predicted octanol–water partition coefficient (Wildman–Crippen LogP) is 1.20. The summed E-state index contributed by atoms with van der Waals surface area (Å²) in [7, 11) is 1.94. The Balaban J connectivity index is 2.78. The van der Waals surface area contributed by atoms with Crippen molar-refractivity contribution in [3.63, 3.8) is 0 Å². The van der Waals surface area contributed by atoms with Gasteiger partial charge in [0.05, 0.1) is 0 Å². The van der Waals surface area contributed by atoms with E-state index in [2.05, 4.69) is 40.1 Å². The van der Waals surface area contributed by atoms with Crippen LogP contribution >= 0.6 is 22.6 Å². The third kappa shape index (κ3) is 6.43. The van der Waals surface area contributed by atoms with Gasteiger partial charge in [-0.15, -0.1) is 0 Å². The molecule has 0 amide bonds. The van der Waals surface area contributed by atoms with Gasteiger partial charge in [0, 0.05) is 11.0 Å². The van der Waals surface area contributed by atoms with Crippen molar-refractivity contribution in [3.8, 4) is 0 Å². The number of halogens is 1. The first-order valence-corrected chi connectivity index (χ1v) is 3.80. The summed E-state index contributed by atoms with van der Waals surface area (Å²) in [6, 6.07) is 0. The summed E-state index contributed by atoms with van der Waals surface area (Å²) >= 11 is 2.31. The number of nitrogens with one attached hydrogen (secondary N) is 1. The zero-order chi connectivity index (χ0) is 5.54. The van der Waals surface area contributed by atoms with Crippen LogP contribution in [0.4, 0.5) is 0 Å². The molecule has 0 rings (SSSR count). The normalized spacial score (nSPS) is 10.6. The third-order valence-electron chi connectivity index (χ3n) is 0.578. The Morgan fingerprint density at radius 3 is 2.71 bits per heavy atom. The minimum atomic E-state index is 0.989. The molecule has 1 nitrogen and oxygen atoms in total. The highest BCUT2D eigenvalue weighted by molar-refractivity contribution is 14.1. The molecule has 42 valence electrons. The quantitative estimate of drug-likeness (QED) is 0.420. The molecule has 0 aliphatic carbocycles. The van der Waals surface area contributed by atoms with E-state index in [1.165, 1.54) is 0 Å². The highest BCUT2D eigenvalue weighted by Crippen LogP contribution is 1.79. The van der Waals surface area contributed by atoms with Crippen LogP contribution in [-0.2, 0) is 0 Å². The molecule has 0 atom stereocenters. The Kier molecular flexibility index (Phi) is 6.82. The molecule has 0 aliphatic heterocycles. The molecule has 0 unspecified atom stereocenters. The average Bonchev–Trinajstić information content (AvgIpc) is 1.69. The summed E-state index contributed by atoms with van der Waals surface area (Å²) in [5.41, 5.74) is 0. The summed E-state index contributed by atoms with van der Waals surface area (Å²) in [5.74, 6) is 0. The largest absolute Gasteiger partial charge is 0.316 e. The van der Waals surface area contributed by atoms with Gasteiger partial charge in [-0.3, -0.25) is 0 Å². The van der Waals surface area contributed by atoms with Crippen molar-refractivity contribution in [3.05, 3.63) is 12.2 Å². The Bertz CT molecular complexity index is 52.0. The lowest BCUT2D eigenvalue weighted by Crippen LogP contribution is -2.03. The van der Waals surface area contributed by atoms with Crippen LogP contribution in [0.1, 0.15) is 0 Å². The Hall–Kier alpha value is 0.430. The zero-order valence-electron chi connectivity index (χ0n) is 4.45. The van der Waals surface area contributed by atoms with Gasteiger partial charge in [-0.1, -0.05) is 34.7 Å². The van der Waals surface area contributed by atoms with E-state index in [9.17, 15) is 0 Å². The second-order valence-corrected chi connectivity index (χ2v) is 2.06. The van der Waals surface area contributed by atoms with E-state index in [-0.39, 0.29) is 0 Å². The van der Waals surface area contributed by atoms with Crippen LogP contribution in [-0.4, -0.2) is 18.0 Å². The number of hydrogen-bond donors (Lipinski definition) is 1. The maximum Gasteiger partial charge on any atom is 0.0176 e. The predicted molar refractivity (Wildman–Crippen MR) is 42.0 cm³/mol. The van der Waals surface area contributed by atoms with E-state index in [0.717, 1.165) is 11.0 Å². The van der Waals surface area contributed by atoms with E-state index in [0.29, 0.717) is 0 Å². The molecule has 2 heteroatoms. The molecule has 0 fully saturated rings. The fourth-order valence-electron chi connectivity index (χ4n) is 0.264. The second kappa shape index (κ2) is 6.43. The molecule has 7 heavy (non-hydrogen) atoms. The summed E-state index contributed by atoms with van der Waals surface area (Å²) in [6.07, 6.45) is 4.25. The van der Waals surface area contributed by atoms with Crippen LogP contribution < -0.4 is 5.32 Å². The number of rotatable bonds is 3. The highest BCUT2D eigenvalue weighted by Gasteiger charge is 1.66. The van der Waals surface area contributed by atoms with Crippen LogP contribution in [0.2, 0.25) is 0 Å². The van der Waals surface area contributed by atoms with Crippen molar-refractivity contribution in [2.75, 3.05) is 18.0 Å². The molecule has 0 aromatic rings. The summed E-state index contributed by atoms with van der Waals surface area (Å²) < 4.78 is 1.11. The van der Waals surface area contributed by atoms with E-state index in [1.807, 2.05) is 7.05 Å². The summed E-state index contributed by atoms with van der Waals surface area (Å²) in [4.78, 5) is 0. The highest BCUT2D eigenvalue weighted by atomic mass is 127. The third-order valence-corrected chi connectivity index (χ3v) is 1.09. The van der Waals surface area contributed by atoms with E-state index in [4.69, 9.17) is 0 Å². The van der Waals surface area contributed by atoms with Gasteiger partial charge >= 0.3 is 0 Å². The fraction of sp³-hybridized carbons (Fsp3) is 0.600. The maximum absolute atomic E-state index is 3.01.